The number of ether oxygens (including phenoxy) is 1. The van der Waals surface area contributed by atoms with Gasteiger partial charge in [-0.05, 0) is 13.6 Å². The minimum atomic E-state index is 0.251. The molecule has 11 heavy (non-hydrogen) atoms. The second kappa shape index (κ2) is 3.48. The second-order valence-corrected chi connectivity index (χ2v) is 2.60. The van der Waals surface area contributed by atoms with E-state index in [1.54, 1.807) is 0 Å². The van der Waals surface area contributed by atoms with Gasteiger partial charge in [0.2, 0.25) is 5.96 Å². The van der Waals surface area contributed by atoms with Gasteiger partial charge in [-0.1, -0.05) is 0 Å². The zero-order chi connectivity index (χ0) is 8.27. The van der Waals surface area contributed by atoms with Gasteiger partial charge in [-0.3, -0.25) is 5.41 Å². The molecule has 1 heterocycles. The third-order valence-electron chi connectivity index (χ3n) is 1.79. The highest BCUT2D eigenvalue weighted by Crippen LogP contribution is 2.06. The van der Waals surface area contributed by atoms with Crippen molar-refractivity contribution in [2.75, 3.05) is 19.8 Å². The number of aliphatic imine (C=N–C) groups is 1. The van der Waals surface area contributed by atoms with Crippen LogP contribution in [-0.4, -0.2) is 43.4 Å². The zero-order valence-corrected chi connectivity index (χ0v) is 6.71. The Balaban J connectivity index is 2.53. The number of rotatable bonds is 0. The molecule has 1 saturated heterocycles. The summed E-state index contributed by atoms with van der Waals surface area (Å²) in [6.07, 6.45) is 0. The topological polar surface area (TPSA) is 48.7 Å². The molecule has 0 spiro atoms. The van der Waals surface area contributed by atoms with Crippen molar-refractivity contribution in [3.05, 3.63) is 0 Å². The molecule has 4 heteroatoms. The largest absolute Gasteiger partial charge is 0.377 e. The van der Waals surface area contributed by atoms with Gasteiger partial charge in [0.25, 0.3) is 0 Å². The third-order valence-corrected chi connectivity index (χ3v) is 1.79. The van der Waals surface area contributed by atoms with Gasteiger partial charge in [0, 0.05) is 6.54 Å². The van der Waals surface area contributed by atoms with E-state index in [1.807, 2.05) is 11.8 Å². The number of nitrogens with one attached hydrogen (secondary N) is 1. The highest BCUT2D eigenvalue weighted by Gasteiger charge is 2.19. The minimum Gasteiger partial charge on any atom is -0.377 e. The minimum absolute atomic E-state index is 0.251. The molecule has 1 fully saturated rings. The van der Waals surface area contributed by atoms with Crippen molar-refractivity contribution in [2.24, 2.45) is 4.99 Å². The highest BCUT2D eigenvalue weighted by molar-refractivity contribution is 5.81. The van der Waals surface area contributed by atoms with Crippen LogP contribution < -0.4 is 0 Å². The van der Waals surface area contributed by atoms with E-state index in [4.69, 9.17) is 10.1 Å². The smallest absolute Gasteiger partial charge is 0.217 e. The first-order valence-corrected chi connectivity index (χ1v) is 3.65. The molecule has 0 amide bonds. The molecule has 1 N–H and O–H groups in total. The van der Waals surface area contributed by atoms with Crippen LogP contribution in [-0.2, 0) is 4.74 Å². The summed E-state index contributed by atoms with van der Waals surface area (Å²) in [5.41, 5.74) is 0. The summed E-state index contributed by atoms with van der Waals surface area (Å²) in [5, 5.41) is 7.40. The van der Waals surface area contributed by atoms with Gasteiger partial charge in [0.05, 0.1) is 19.3 Å². The fraction of sp³-hybridized carbons (Fsp3) is 0.714. The Bertz CT molecular complexity index is 169. The van der Waals surface area contributed by atoms with Crippen LogP contribution in [0, 0.1) is 5.41 Å². The summed E-state index contributed by atoms with van der Waals surface area (Å²) in [4.78, 5) is 5.45. The Labute approximate surface area is 66.4 Å². The standard InChI is InChI=1S/C7H13N3O/c1-6-5-11-4-3-10(6)7(8)9-2/h6,8H,2-5H2,1H3/t6-/m1/s1. The van der Waals surface area contributed by atoms with Crippen molar-refractivity contribution in [1.82, 2.24) is 4.90 Å². The molecule has 0 aromatic heterocycles. The number of hydrogen-bond acceptors (Lipinski definition) is 2. The predicted octanol–water partition coefficient (Wildman–Crippen LogP) is 0.342. The van der Waals surface area contributed by atoms with Crippen LogP contribution in [0.5, 0.6) is 0 Å². The lowest BCUT2D eigenvalue weighted by Gasteiger charge is -2.33. The van der Waals surface area contributed by atoms with Crippen molar-refractivity contribution in [1.29, 1.82) is 5.41 Å². The summed E-state index contributed by atoms with van der Waals surface area (Å²) in [5.74, 6) is 0.251. The Kier molecular flexibility index (Phi) is 2.59. The summed E-state index contributed by atoms with van der Waals surface area (Å²) >= 11 is 0. The number of nitrogens with zero attached hydrogens (tertiary/aromatic N) is 2. The average molecular weight is 155 g/mol. The van der Waals surface area contributed by atoms with Gasteiger partial charge in [-0.25, -0.2) is 4.99 Å². The zero-order valence-electron chi connectivity index (χ0n) is 6.71. The second-order valence-electron chi connectivity index (χ2n) is 2.60. The summed E-state index contributed by atoms with van der Waals surface area (Å²) in [6, 6.07) is 0.252. The van der Waals surface area contributed by atoms with Crippen LogP contribution in [0.1, 0.15) is 6.92 Å². The molecule has 0 radical (unpaired) electrons. The van der Waals surface area contributed by atoms with Crippen molar-refractivity contribution in [3.63, 3.8) is 0 Å². The highest BCUT2D eigenvalue weighted by atomic mass is 16.5. The van der Waals surface area contributed by atoms with Crippen molar-refractivity contribution >= 4 is 12.7 Å². The molecule has 0 saturated carbocycles. The lowest BCUT2D eigenvalue weighted by atomic mass is 10.3. The molecule has 0 aromatic carbocycles. The molecule has 1 atom stereocenters. The van der Waals surface area contributed by atoms with Gasteiger partial charge < -0.3 is 9.64 Å². The van der Waals surface area contributed by atoms with E-state index >= 15 is 0 Å². The Morgan fingerprint density at radius 2 is 2.55 bits per heavy atom. The molecule has 1 rings (SSSR count). The van der Waals surface area contributed by atoms with E-state index in [-0.39, 0.29) is 12.0 Å². The number of guanidine groups is 1. The molecule has 1 aliphatic rings. The maximum absolute atomic E-state index is 7.40. The first kappa shape index (κ1) is 8.20. The van der Waals surface area contributed by atoms with Gasteiger partial charge in [0.1, 0.15) is 0 Å². The van der Waals surface area contributed by atoms with E-state index in [0.717, 1.165) is 6.54 Å². The fourth-order valence-corrected chi connectivity index (χ4v) is 1.13. The number of hydrogen-bond donors (Lipinski definition) is 1. The van der Waals surface area contributed by atoms with Crippen LogP contribution >= 0.6 is 0 Å². The lowest BCUT2D eigenvalue weighted by Crippen LogP contribution is -2.46. The number of morpholine rings is 1. The van der Waals surface area contributed by atoms with Gasteiger partial charge in [-0.15, -0.1) is 0 Å². The molecule has 0 aliphatic carbocycles. The van der Waals surface area contributed by atoms with Crippen LogP contribution in [0.2, 0.25) is 0 Å². The lowest BCUT2D eigenvalue weighted by molar-refractivity contribution is 0.0324. The van der Waals surface area contributed by atoms with Crippen LogP contribution in [0.15, 0.2) is 4.99 Å². The van der Waals surface area contributed by atoms with Crippen LogP contribution in [0.4, 0.5) is 0 Å². The molecular weight excluding hydrogens is 142 g/mol. The summed E-state index contributed by atoms with van der Waals surface area (Å²) < 4.78 is 5.21. The van der Waals surface area contributed by atoms with E-state index in [2.05, 4.69) is 11.7 Å². The molecule has 0 bridgehead atoms. The van der Waals surface area contributed by atoms with Crippen molar-refractivity contribution in [2.45, 2.75) is 13.0 Å². The normalized spacial score (nSPS) is 24.8. The summed E-state index contributed by atoms with van der Waals surface area (Å²) in [6.45, 7) is 7.44. The van der Waals surface area contributed by atoms with Crippen LogP contribution in [0.25, 0.3) is 0 Å². The molecule has 4 nitrogen and oxygen atoms in total. The monoisotopic (exact) mass is 155 g/mol. The Morgan fingerprint density at radius 1 is 1.82 bits per heavy atom. The first-order valence-electron chi connectivity index (χ1n) is 3.65. The maximum atomic E-state index is 7.40. The van der Waals surface area contributed by atoms with E-state index in [9.17, 15) is 0 Å². The maximum Gasteiger partial charge on any atom is 0.217 e. The van der Waals surface area contributed by atoms with E-state index < -0.39 is 0 Å². The molecular formula is C7H13N3O. The first-order chi connectivity index (χ1) is 5.25. The summed E-state index contributed by atoms with van der Waals surface area (Å²) in [7, 11) is 0. The van der Waals surface area contributed by atoms with E-state index in [0.29, 0.717) is 13.2 Å². The molecule has 0 aromatic rings. The van der Waals surface area contributed by atoms with Gasteiger partial charge in [0.15, 0.2) is 0 Å². The van der Waals surface area contributed by atoms with Crippen LogP contribution in [0.3, 0.4) is 0 Å². The molecule has 1 aliphatic heterocycles. The molecule has 62 valence electrons. The van der Waals surface area contributed by atoms with Gasteiger partial charge >= 0.3 is 0 Å². The average Bonchev–Trinajstić information content (AvgIpc) is 2.04. The Hall–Kier alpha value is -0.900. The third kappa shape index (κ3) is 1.77. The van der Waals surface area contributed by atoms with Gasteiger partial charge in [-0.2, -0.15) is 0 Å². The fourth-order valence-electron chi connectivity index (χ4n) is 1.13. The van der Waals surface area contributed by atoms with E-state index in [1.165, 1.54) is 0 Å². The Morgan fingerprint density at radius 3 is 3.09 bits per heavy atom. The predicted molar refractivity (Wildman–Crippen MR) is 44.3 cm³/mol. The van der Waals surface area contributed by atoms with Crippen molar-refractivity contribution in [3.8, 4) is 0 Å². The quantitative estimate of drug-likeness (QED) is 0.405. The SMILES string of the molecule is C=NC(=N)N1CCOC[C@H]1C. The molecule has 0 unspecified atom stereocenters. The van der Waals surface area contributed by atoms with Crippen molar-refractivity contribution < 1.29 is 4.74 Å².